The largest absolute Gasteiger partial charge is 0.343 e. The zero-order valence-electron chi connectivity index (χ0n) is 14.8. The molecule has 0 N–H and O–H groups in total. The van der Waals surface area contributed by atoms with E-state index in [0.717, 1.165) is 53.9 Å². The smallest absolute Gasteiger partial charge is 0.222 e. The summed E-state index contributed by atoms with van der Waals surface area (Å²) in [7, 11) is 0. The third-order valence-corrected chi connectivity index (χ3v) is 5.19. The number of likely N-dealkylation sites (tertiary alicyclic amines) is 1. The zero-order valence-corrected chi connectivity index (χ0v) is 14.8. The van der Waals surface area contributed by atoms with E-state index >= 15 is 0 Å². The molecule has 3 aromatic heterocycles. The number of aryl methyl sites for hydroxylation is 2. The Bertz CT molecular complexity index is 940. The first kappa shape index (κ1) is 16.0. The molecular formula is C19H23N5O. The lowest BCUT2D eigenvalue weighted by molar-refractivity contribution is -0.132. The van der Waals surface area contributed by atoms with Gasteiger partial charge in [-0.3, -0.25) is 4.79 Å². The maximum Gasteiger partial charge on any atom is 0.222 e. The highest BCUT2D eigenvalue weighted by atomic mass is 16.2. The Balaban J connectivity index is 1.63. The lowest BCUT2D eigenvalue weighted by atomic mass is 10.0. The fraction of sp³-hybridized carbons (Fsp3) is 0.474. The summed E-state index contributed by atoms with van der Waals surface area (Å²) in [6.07, 6.45) is 6.49. The molecule has 3 aromatic rings. The third-order valence-electron chi connectivity index (χ3n) is 5.19. The first-order valence-corrected chi connectivity index (χ1v) is 9.02. The van der Waals surface area contributed by atoms with E-state index in [2.05, 4.69) is 10.1 Å². The summed E-state index contributed by atoms with van der Waals surface area (Å²) >= 11 is 0. The predicted octanol–water partition coefficient (Wildman–Crippen LogP) is 2.84. The van der Waals surface area contributed by atoms with Crippen molar-refractivity contribution < 1.29 is 4.79 Å². The summed E-state index contributed by atoms with van der Waals surface area (Å²) in [6, 6.07) is 3.90. The lowest BCUT2D eigenvalue weighted by Crippen LogP contribution is -2.35. The number of pyridine rings is 1. The maximum atomic E-state index is 12.5. The van der Waals surface area contributed by atoms with Crippen LogP contribution >= 0.6 is 0 Å². The Morgan fingerprint density at radius 2 is 2.00 bits per heavy atom. The molecule has 0 atom stereocenters. The molecule has 0 unspecified atom stereocenters. The van der Waals surface area contributed by atoms with Crippen molar-refractivity contribution in [2.45, 2.75) is 46.0 Å². The molecule has 6 nitrogen and oxygen atoms in total. The second-order valence-corrected chi connectivity index (χ2v) is 6.81. The molecule has 25 heavy (non-hydrogen) atoms. The van der Waals surface area contributed by atoms with Crippen molar-refractivity contribution in [2.75, 3.05) is 13.1 Å². The average Bonchev–Trinajstić information content (AvgIpc) is 3.01. The molecule has 1 amide bonds. The Kier molecular flexibility index (Phi) is 4.11. The second kappa shape index (κ2) is 6.43. The summed E-state index contributed by atoms with van der Waals surface area (Å²) in [5, 5.41) is 5.54. The molecular weight excluding hydrogens is 314 g/mol. The summed E-state index contributed by atoms with van der Waals surface area (Å²) < 4.78 is 1.87. The van der Waals surface area contributed by atoms with Gasteiger partial charge in [0, 0.05) is 37.1 Å². The van der Waals surface area contributed by atoms with Gasteiger partial charge in [0.25, 0.3) is 0 Å². The number of nitrogens with zero attached hydrogens (tertiary/aromatic N) is 5. The van der Waals surface area contributed by atoms with Gasteiger partial charge >= 0.3 is 0 Å². The van der Waals surface area contributed by atoms with Gasteiger partial charge in [-0.2, -0.15) is 0 Å². The van der Waals surface area contributed by atoms with Crippen molar-refractivity contribution in [1.29, 1.82) is 0 Å². The third kappa shape index (κ3) is 2.86. The van der Waals surface area contributed by atoms with Crippen LogP contribution in [-0.4, -0.2) is 43.5 Å². The molecule has 0 spiro atoms. The van der Waals surface area contributed by atoms with Crippen molar-refractivity contribution in [2.24, 2.45) is 0 Å². The summed E-state index contributed by atoms with van der Waals surface area (Å²) in [4.78, 5) is 23.5. The molecule has 130 valence electrons. The van der Waals surface area contributed by atoms with Crippen LogP contribution in [0.25, 0.3) is 16.7 Å². The molecule has 0 bridgehead atoms. The van der Waals surface area contributed by atoms with Gasteiger partial charge < -0.3 is 4.90 Å². The highest BCUT2D eigenvalue weighted by molar-refractivity contribution is 5.89. The van der Waals surface area contributed by atoms with Crippen LogP contribution in [0.5, 0.6) is 0 Å². The molecule has 0 aromatic carbocycles. The number of hydrogen-bond acceptors (Lipinski definition) is 4. The van der Waals surface area contributed by atoms with Crippen LogP contribution in [0.15, 0.2) is 18.3 Å². The van der Waals surface area contributed by atoms with E-state index in [0.29, 0.717) is 18.5 Å². The molecule has 1 saturated heterocycles. The standard InChI is InChI=1S/C19H23N5O/c1-13-15(8-9-17(25)23-11-4-3-5-12-23)14(2)24-19(21-13)16-7-6-10-20-18(16)22-24/h6-7,10H,3-5,8-9,11-12H2,1-2H3. The number of carbonyl (C=O) groups is 1. The summed E-state index contributed by atoms with van der Waals surface area (Å²) in [5.41, 5.74) is 4.68. The van der Waals surface area contributed by atoms with E-state index in [4.69, 9.17) is 4.98 Å². The monoisotopic (exact) mass is 337 g/mol. The minimum absolute atomic E-state index is 0.255. The van der Waals surface area contributed by atoms with Gasteiger partial charge in [0.05, 0.1) is 5.39 Å². The van der Waals surface area contributed by atoms with E-state index in [1.165, 1.54) is 6.42 Å². The van der Waals surface area contributed by atoms with Gasteiger partial charge in [-0.05, 0) is 57.2 Å². The van der Waals surface area contributed by atoms with Crippen molar-refractivity contribution in [3.05, 3.63) is 35.3 Å². The maximum absolute atomic E-state index is 12.5. The molecule has 1 fully saturated rings. The topological polar surface area (TPSA) is 63.4 Å². The van der Waals surface area contributed by atoms with Gasteiger partial charge in [0.1, 0.15) is 0 Å². The minimum atomic E-state index is 0.255. The molecule has 1 aliphatic heterocycles. The fourth-order valence-corrected chi connectivity index (χ4v) is 3.76. The van der Waals surface area contributed by atoms with Gasteiger partial charge in [0.2, 0.25) is 5.91 Å². The van der Waals surface area contributed by atoms with Crippen molar-refractivity contribution >= 4 is 22.6 Å². The van der Waals surface area contributed by atoms with Gasteiger partial charge in [-0.25, -0.2) is 14.5 Å². The van der Waals surface area contributed by atoms with Crippen molar-refractivity contribution in [3.63, 3.8) is 0 Å². The molecule has 1 aliphatic rings. The van der Waals surface area contributed by atoms with Crippen LogP contribution < -0.4 is 0 Å². The minimum Gasteiger partial charge on any atom is -0.343 e. The van der Waals surface area contributed by atoms with Gasteiger partial charge in [-0.1, -0.05) is 0 Å². The van der Waals surface area contributed by atoms with E-state index in [1.807, 2.05) is 35.4 Å². The molecule has 0 aliphatic carbocycles. The second-order valence-electron chi connectivity index (χ2n) is 6.81. The van der Waals surface area contributed by atoms with Crippen LogP contribution in [0.4, 0.5) is 0 Å². The van der Waals surface area contributed by atoms with Crippen LogP contribution in [0, 0.1) is 13.8 Å². The number of rotatable bonds is 3. The first-order valence-electron chi connectivity index (χ1n) is 9.02. The Labute approximate surface area is 146 Å². The van der Waals surface area contributed by atoms with Crippen LogP contribution in [0.2, 0.25) is 0 Å². The molecule has 6 heteroatoms. The first-order chi connectivity index (χ1) is 12.1. The van der Waals surface area contributed by atoms with Crippen molar-refractivity contribution in [3.8, 4) is 0 Å². The molecule has 0 radical (unpaired) electrons. The van der Waals surface area contributed by atoms with E-state index in [9.17, 15) is 4.79 Å². The highest BCUT2D eigenvalue weighted by Crippen LogP contribution is 2.22. The number of fused-ring (bicyclic) bond motifs is 3. The fourth-order valence-electron chi connectivity index (χ4n) is 3.76. The number of piperidine rings is 1. The summed E-state index contributed by atoms with van der Waals surface area (Å²) in [6.45, 7) is 5.88. The predicted molar refractivity (Wildman–Crippen MR) is 96.5 cm³/mol. The van der Waals surface area contributed by atoms with E-state index < -0.39 is 0 Å². The van der Waals surface area contributed by atoms with E-state index in [-0.39, 0.29) is 5.91 Å². The zero-order chi connectivity index (χ0) is 17.4. The molecule has 4 heterocycles. The Hall–Kier alpha value is -2.50. The number of amides is 1. The number of aromatic nitrogens is 4. The normalized spacial score (nSPS) is 15.2. The Morgan fingerprint density at radius 3 is 2.80 bits per heavy atom. The van der Waals surface area contributed by atoms with E-state index in [1.54, 1.807) is 6.20 Å². The molecule has 0 saturated carbocycles. The van der Waals surface area contributed by atoms with Crippen LogP contribution in [0.1, 0.15) is 42.6 Å². The van der Waals surface area contributed by atoms with Crippen LogP contribution in [-0.2, 0) is 11.2 Å². The van der Waals surface area contributed by atoms with Gasteiger partial charge in [0.15, 0.2) is 11.3 Å². The van der Waals surface area contributed by atoms with Gasteiger partial charge in [-0.15, -0.1) is 5.10 Å². The Morgan fingerprint density at radius 1 is 1.20 bits per heavy atom. The molecule has 4 rings (SSSR count). The number of carbonyl (C=O) groups excluding carboxylic acids is 1. The average molecular weight is 337 g/mol. The highest BCUT2D eigenvalue weighted by Gasteiger charge is 2.19. The SMILES string of the molecule is Cc1nc2c3cccnc3nn2c(C)c1CCC(=O)N1CCCCC1. The number of hydrogen-bond donors (Lipinski definition) is 0. The van der Waals surface area contributed by atoms with Crippen molar-refractivity contribution in [1.82, 2.24) is 24.5 Å². The lowest BCUT2D eigenvalue weighted by Gasteiger charge is -2.26. The van der Waals surface area contributed by atoms with Crippen LogP contribution in [0.3, 0.4) is 0 Å². The quantitative estimate of drug-likeness (QED) is 0.737. The summed E-state index contributed by atoms with van der Waals surface area (Å²) in [5.74, 6) is 0.255.